The van der Waals surface area contributed by atoms with Crippen molar-refractivity contribution in [2.75, 3.05) is 0 Å². The molecule has 26 heavy (non-hydrogen) atoms. The number of aromatic nitrogens is 3. The monoisotopic (exact) mass is 367 g/mol. The Morgan fingerprint density at radius 3 is 2.96 bits per heavy atom. The number of esters is 1. The predicted octanol–water partition coefficient (Wildman–Crippen LogP) is 4.45. The van der Waals surface area contributed by atoms with Crippen molar-refractivity contribution >= 4 is 28.2 Å². The van der Waals surface area contributed by atoms with Gasteiger partial charge >= 0.3 is 5.97 Å². The molecule has 0 aliphatic rings. The van der Waals surface area contributed by atoms with Crippen molar-refractivity contribution in [2.24, 2.45) is 0 Å². The molecule has 1 atom stereocenters. The number of rotatable bonds is 6. The molecule has 0 bridgehead atoms. The number of carbonyl (C=O) groups is 1. The van der Waals surface area contributed by atoms with E-state index in [9.17, 15) is 4.79 Å². The van der Waals surface area contributed by atoms with Crippen LogP contribution in [0.4, 0.5) is 0 Å². The van der Waals surface area contributed by atoms with E-state index in [1.54, 1.807) is 6.92 Å². The van der Waals surface area contributed by atoms with Gasteiger partial charge in [0.2, 0.25) is 0 Å². The molecule has 0 aliphatic carbocycles. The lowest BCUT2D eigenvalue weighted by molar-refractivity contribution is -0.149. The highest BCUT2D eigenvalue weighted by Crippen LogP contribution is 2.26. The van der Waals surface area contributed by atoms with Crippen LogP contribution in [0.3, 0.4) is 0 Å². The standard InChI is InChI=1S/C19H17N3O3S/c1-13(18-20-21-19(25-18)16-7-4-12-26-16)24-17(23)9-11-22-10-8-14-5-2-3-6-15(14)22/h2-8,10,12-13H,9,11H2,1H3. The summed E-state index contributed by atoms with van der Waals surface area (Å²) < 4.78 is 13.1. The first-order chi connectivity index (χ1) is 12.7. The van der Waals surface area contributed by atoms with Crippen molar-refractivity contribution in [1.29, 1.82) is 0 Å². The molecule has 1 unspecified atom stereocenters. The maximum Gasteiger partial charge on any atom is 0.308 e. The van der Waals surface area contributed by atoms with E-state index >= 15 is 0 Å². The summed E-state index contributed by atoms with van der Waals surface area (Å²) in [6.45, 7) is 2.29. The maximum absolute atomic E-state index is 12.2. The average Bonchev–Trinajstić information content (AvgIpc) is 3.39. The molecule has 0 aliphatic heterocycles. The van der Waals surface area contributed by atoms with Gasteiger partial charge in [-0.2, -0.15) is 0 Å². The third-order valence-electron chi connectivity index (χ3n) is 4.07. The van der Waals surface area contributed by atoms with Gasteiger partial charge in [0.25, 0.3) is 11.8 Å². The van der Waals surface area contributed by atoms with Crippen molar-refractivity contribution in [3.8, 4) is 10.8 Å². The third-order valence-corrected chi connectivity index (χ3v) is 4.92. The van der Waals surface area contributed by atoms with Gasteiger partial charge in [0.05, 0.1) is 11.3 Å². The smallest absolute Gasteiger partial charge is 0.308 e. The lowest BCUT2D eigenvalue weighted by Crippen LogP contribution is -2.11. The molecule has 1 aromatic carbocycles. The summed E-state index contributed by atoms with van der Waals surface area (Å²) in [7, 11) is 0. The van der Waals surface area contributed by atoms with Crippen LogP contribution in [0.2, 0.25) is 0 Å². The molecular weight excluding hydrogens is 350 g/mol. The van der Waals surface area contributed by atoms with Gasteiger partial charge in [-0.25, -0.2) is 0 Å². The van der Waals surface area contributed by atoms with Crippen LogP contribution >= 0.6 is 11.3 Å². The molecule has 0 radical (unpaired) electrons. The average molecular weight is 367 g/mol. The fourth-order valence-corrected chi connectivity index (χ4v) is 3.40. The van der Waals surface area contributed by atoms with Gasteiger partial charge in [0.15, 0.2) is 6.10 Å². The van der Waals surface area contributed by atoms with Gasteiger partial charge < -0.3 is 13.7 Å². The normalized spacial score (nSPS) is 12.3. The second-order valence-corrected chi connectivity index (χ2v) is 6.82. The number of benzene rings is 1. The Kier molecular flexibility index (Phi) is 4.53. The van der Waals surface area contributed by atoms with Crippen LogP contribution < -0.4 is 0 Å². The molecular formula is C19H17N3O3S. The van der Waals surface area contributed by atoms with Crippen molar-refractivity contribution in [3.63, 3.8) is 0 Å². The number of hydrogen-bond acceptors (Lipinski definition) is 6. The number of para-hydroxylation sites is 1. The van der Waals surface area contributed by atoms with E-state index in [1.807, 2.05) is 58.6 Å². The second-order valence-electron chi connectivity index (χ2n) is 5.87. The molecule has 7 heteroatoms. The first-order valence-electron chi connectivity index (χ1n) is 8.31. The molecule has 0 spiro atoms. The molecule has 6 nitrogen and oxygen atoms in total. The van der Waals surface area contributed by atoms with Crippen molar-refractivity contribution in [2.45, 2.75) is 26.0 Å². The molecule has 0 amide bonds. The van der Waals surface area contributed by atoms with Crippen LogP contribution in [0.15, 0.2) is 58.5 Å². The first kappa shape index (κ1) is 16.5. The van der Waals surface area contributed by atoms with Gasteiger partial charge in [0.1, 0.15) is 0 Å². The largest absolute Gasteiger partial charge is 0.453 e. The predicted molar refractivity (Wildman–Crippen MR) is 98.7 cm³/mol. The van der Waals surface area contributed by atoms with Crippen LogP contribution in [-0.4, -0.2) is 20.7 Å². The zero-order valence-corrected chi connectivity index (χ0v) is 15.0. The summed E-state index contributed by atoms with van der Waals surface area (Å²) in [4.78, 5) is 13.1. The highest BCUT2D eigenvalue weighted by molar-refractivity contribution is 7.13. The van der Waals surface area contributed by atoms with E-state index < -0.39 is 6.10 Å². The third kappa shape index (κ3) is 3.39. The zero-order valence-electron chi connectivity index (χ0n) is 14.2. The van der Waals surface area contributed by atoms with E-state index in [2.05, 4.69) is 10.2 Å². The number of carbonyl (C=O) groups excluding carboxylic acids is 1. The maximum atomic E-state index is 12.2. The Morgan fingerprint density at radius 2 is 2.12 bits per heavy atom. The molecule has 0 N–H and O–H groups in total. The van der Waals surface area contributed by atoms with Crippen LogP contribution in [-0.2, 0) is 16.1 Å². The van der Waals surface area contributed by atoms with E-state index in [-0.39, 0.29) is 12.4 Å². The molecule has 3 aromatic heterocycles. The molecule has 3 heterocycles. The quantitative estimate of drug-likeness (QED) is 0.471. The summed E-state index contributed by atoms with van der Waals surface area (Å²) in [6, 6.07) is 13.9. The van der Waals surface area contributed by atoms with Crippen LogP contribution in [0.25, 0.3) is 21.7 Å². The van der Waals surface area contributed by atoms with Crippen LogP contribution in [0.1, 0.15) is 25.3 Å². The lowest BCUT2D eigenvalue weighted by Gasteiger charge is -2.10. The molecule has 132 valence electrons. The van der Waals surface area contributed by atoms with Gasteiger partial charge in [-0.1, -0.05) is 24.3 Å². The Morgan fingerprint density at radius 1 is 1.23 bits per heavy atom. The summed E-state index contributed by atoms with van der Waals surface area (Å²) >= 11 is 1.52. The van der Waals surface area contributed by atoms with Gasteiger partial charge in [-0.3, -0.25) is 4.79 Å². The van der Waals surface area contributed by atoms with E-state index in [0.717, 1.165) is 15.8 Å². The van der Waals surface area contributed by atoms with Crippen LogP contribution in [0, 0.1) is 0 Å². The summed E-state index contributed by atoms with van der Waals surface area (Å²) in [5.74, 6) is 0.441. The van der Waals surface area contributed by atoms with E-state index in [0.29, 0.717) is 18.3 Å². The Bertz CT molecular complexity index is 1020. The fraction of sp³-hybridized carbons (Fsp3) is 0.211. The minimum atomic E-state index is -0.579. The number of aryl methyl sites for hydroxylation is 1. The highest BCUT2D eigenvalue weighted by atomic mass is 32.1. The number of ether oxygens (including phenoxy) is 1. The SMILES string of the molecule is CC(OC(=O)CCn1ccc2ccccc21)c1nnc(-c2cccs2)o1. The zero-order chi connectivity index (χ0) is 17.9. The van der Waals surface area contributed by atoms with Crippen molar-refractivity contribution < 1.29 is 13.9 Å². The molecule has 4 aromatic rings. The number of hydrogen-bond donors (Lipinski definition) is 0. The Balaban J connectivity index is 1.36. The summed E-state index contributed by atoms with van der Waals surface area (Å²) in [6.07, 6.45) is 1.67. The Labute approximate surface area is 154 Å². The second kappa shape index (κ2) is 7.13. The minimum Gasteiger partial charge on any atom is -0.453 e. The molecule has 0 saturated heterocycles. The highest BCUT2D eigenvalue weighted by Gasteiger charge is 2.19. The topological polar surface area (TPSA) is 70.2 Å². The molecule has 0 fully saturated rings. The minimum absolute atomic E-state index is 0.273. The fourth-order valence-electron chi connectivity index (χ4n) is 2.75. The Hall–Kier alpha value is -2.93. The lowest BCUT2D eigenvalue weighted by atomic mass is 10.2. The van der Waals surface area contributed by atoms with Gasteiger partial charge in [0, 0.05) is 18.3 Å². The van der Waals surface area contributed by atoms with Crippen molar-refractivity contribution in [1.82, 2.24) is 14.8 Å². The summed E-state index contributed by atoms with van der Waals surface area (Å²) in [5, 5.41) is 11.1. The molecule has 4 rings (SSSR count). The number of thiophene rings is 1. The summed E-state index contributed by atoms with van der Waals surface area (Å²) in [5.41, 5.74) is 1.10. The number of nitrogens with zero attached hydrogens (tertiary/aromatic N) is 3. The molecule has 0 saturated carbocycles. The van der Waals surface area contributed by atoms with E-state index in [1.165, 1.54) is 11.3 Å². The van der Waals surface area contributed by atoms with Crippen molar-refractivity contribution in [3.05, 3.63) is 59.9 Å². The van der Waals surface area contributed by atoms with Gasteiger partial charge in [-0.15, -0.1) is 21.5 Å². The number of fused-ring (bicyclic) bond motifs is 1. The van der Waals surface area contributed by atoms with Gasteiger partial charge in [-0.05, 0) is 35.9 Å². The van der Waals surface area contributed by atoms with Crippen LogP contribution in [0.5, 0.6) is 0 Å². The first-order valence-corrected chi connectivity index (χ1v) is 9.19. The van der Waals surface area contributed by atoms with E-state index in [4.69, 9.17) is 9.15 Å².